The summed E-state index contributed by atoms with van der Waals surface area (Å²) in [6, 6.07) is 10.5. The summed E-state index contributed by atoms with van der Waals surface area (Å²) in [7, 11) is 6.65. The van der Waals surface area contributed by atoms with E-state index in [0.717, 1.165) is 55.2 Å². The second kappa shape index (κ2) is 12.8. The van der Waals surface area contributed by atoms with Crippen LogP contribution in [0.5, 0.6) is 23.0 Å². The maximum atomic E-state index is 9.76. The molecule has 1 unspecified atom stereocenters. The number of rotatable bonds is 9. The number of benzene rings is 2. The number of methoxy groups -OCH3 is 4. The highest BCUT2D eigenvalue weighted by Gasteiger charge is 2.23. The molecule has 2 aromatic rings. The van der Waals surface area contributed by atoms with Gasteiger partial charge < -0.3 is 29.4 Å². The second-order valence-corrected chi connectivity index (χ2v) is 7.55. The van der Waals surface area contributed by atoms with Crippen molar-refractivity contribution in [2.24, 2.45) is 0 Å². The van der Waals surface area contributed by atoms with Gasteiger partial charge in [-0.2, -0.15) is 0 Å². The molecule has 0 aromatic heterocycles. The van der Waals surface area contributed by atoms with Crippen LogP contribution in [0.3, 0.4) is 0 Å². The number of carbonyl (C=O) groups is 1. The Morgan fingerprint density at radius 2 is 1.59 bits per heavy atom. The number of nitrogens with one attached hydrogen (secondary N) is 1. The molecular formula is C25H35NO6. The molecule has 1 atom stereocenters. The Hall–Kier alpha value is -2.93. The fourth-order valence-electron chi connectivity index (χ4n) is 3.72. The van der Waals surface area contributed by atoms with Gasteiger partial charge in [-0.15, -0.1) is 0 Å². The maximum Gasteiger partial charge on any atom is 0.303 e. The first-order valence-electron chi connectivity index (χ1n) is 10.9. The SMILES string of the molecule is CCCCC(=O)O.COc1ccc(CC2NCCc3cc(OC)c(OC)cc32)cc1OC. The molecule has 0 aliphatic carbocycles. The van der Waals surface area contributed by atoms with Gasteiger partial charge in [0.25, 0.3) is 0 Å². The van der Waals surface area contributed by atoms with Crippen LogP contribution >= 0.6 is 0 Å². The van der Waals surface area contributed by atoms with Crippen molar-refractivity contribution in [3.05, 3.63) is 47.0 Å². The highest BCUT2D eigenvalue weighted by molar-refractivity contribution is 5.66. The minimum absolute atomic E-state index is 0.224. The largest absolute Gasteiger partial charge is 0.493 e. The van der Waals surface area contributed by atoms with Gasteiger partial charge in [-0.25, -0.2) is 0 Å². The van der Waals surface area contributed by atoms with E-state index in [0.29, 0.717) is 6.42 Å². The van der Waals surface area contributed by atoms with Gasteiger partial charge in [-0.05, 0) is 66.8 Å². The molecule has 0 saturated heterocycles. The predicted octanol–water partition coefficient (Wildman–Crippen LogP) is 4.41. The summed E-state index contributed by atoms with van der Waals surface area (Å²) in [5, 5.41) is 11.7. The standard InChI is InChI=1S/C20H25NO4.C5H10O2/c1-22-17-6-5-13(10-18(17)23-2)9-16-15-12-20(25-4)19(24-3)11-14(15)7-8-21-16;1-2-3-4-5(6)7/h5-6,10-12,16,21H,7-9H2,1-4H3;2-4H2,1H3,(H,6,7). The summed E-state index contributed by atoms with van der Waals surface area (Å²) in [6.45, 7) is 2.92. The summed E-state index contributed by atoms with van der Waals surface area (Å²) < 4.78 is 21.7. The third-order valence-corrected chi connectivity index (χ3v) is 5.44. The summed E-state index contributed by atoms with van der Waals surface area (Å²) >= 11 is 0. The van der Waals surface area contributed by atoms with E-state index < -0.39 is 5.97 Å². The zero-order valence-electron chi connectivity index (χ0n) is 19.7. The molecular weight excluding hydrogens is 410 g/mol. The lowest BCUT2D eigenvalue weighted by Gasteiger charge is -2.28. The Morgan fingerprint density at radius 1 is 0.969 bits per heavy atom. The fraction of sp³-hybridized carbons (Fsp3) is 0.480. The highest BCUT2D eigenvalue weighted by atomic mass is 16.5. The van der Waals surface area contributed by atoms with Crippen molar-refractivity contribution in [3.63, 3.8) is 0 Å². The number of carboxylic acid groups (broad SMARTS) is 1. The Balaban J connectivity index is 0.000000451. The van der Waals surface area contributed by atoms with Crippen molar-refractivity contribution in [1.82, 2.24) is 5.32 Å². The van der Waals surface area contributed by atoms with Crippen LogP contribution in [-0.4, -0.2) is 46.1 Å². The van der Waals surface area contributed by atoms with Crippen molar-refractivity contribution in [3.8, 4) is 23.0 Å². The molecule has 176 valence electrons. The molecule has 0 amide bonds. The highest BCUT2D eigenvalue weighted by Crippen LogP contribution is 2.37. The van der Waals surface area contributed by atoms with Crippen LogP contribution < -0.4 is 24.3 Å². The minimum atomic E-state index is -0.693. The molecule has 0 saturated carbocycles. The van der Waals surface area contributed by atoms with Crippen LogP contribution in [0.4, 0.5) is 0 Å². The molecule has 1 heterocycles. The van der Waals surface area contributed by atoms with Gasteiger partial charge in [-0.1, -0.05) is 19.4 Å². The van der Waals surface area contributed by atoms with Crippen LogP contribution in [0.1, 0.15) is 48.9 Å². The van der Waals surface area contributed by atoms with Crippen LogP contribution in [0, 0.1) is 0 Å². The molecule has 7 nitrogen and oxygen atoms in total. The number of ether oxygens (including phenoxy) is 4. The van der Waals surface area contributed by atoms with Crippen molar-refractivity contribution in [2.75, 3.05) is 35.0 Å². The number of aliphatic carboxylic acids is 1. The minimum Gasteiger partial charge on any atom is -0.493 e. The number of carboxylic acids is 1. The van der Waals surface area contributed by atoms with Gasteiger partial charge in [-0.3, -0.25) is 4.79 Å². The lowest BCUT2D eigenvalue weighted by atomic mass is 9.89. The zero-order valence-corrected chi connectivity index (χ0v) is 19.7. The molecule has 0 bridgehead atoms. The van der Waals surface area contributed by atoms with Crippen LogP contribution in [0.25, 0.3) is 0 Å². The quantitative estimate of drug-likeness (QED) is 0.591. The molecule has 2 aromatic carbocycles. The monoisotopic (exact) mass is 445 g/mol. The van der Waals surface area contributed by atoms with Crippen LogP contribution in [-0.2, 0) is 17.6 Å². The van der Waals surface area contributed by atoms with Gasteiger partial charge in [0.15, 0.2) is 23.0 Å². The molecule has 2 N–H and O–H groups in total. The van der Waals surface area contributed by atoms with E-state index in [-0.39, 0.29) is 6.04 Å². The molecule has 0 radical (unpaired) electrons. The second-order valence-electron chi connectivity index (χ2n) is 7.55. The molecule has 7 heteroatoms. The first-order valence-corrected chi connectivity index (χ1v) is 10.9. The fourth-order valence-corrected chi connectivity index (χ4v) is 3.72. The molecule has 3 rings (SSSR count). The molecule has 1 aliphatic rings. The third kappa shape index (κ3) is 6.79. The number of unbranched alkanes of at least 4 members (excludes halogenated alkanes) is 1. The van der Waals surface area contributed by atoms with Gasteiger partial charge >= 0.3 is 5.97 Å². The maximum absolute atomic E-state index is 9.76. The first kappa shape index (κ1) is 25.3. The number of hydrogen-bond acceptors (Lipinski definition) is 6. The Bertz CT molecular complexity index is 883. The van der Waals surface area contributed by atoms with E-state index in [1.54, 1.807) is 28.4 Å². The third-order valence-electron chi connectivity index (χ3n) is 5.44. The lowest BCUT2D eigenvalue weighted by molar-refractivity contribution is -0.137. The Labute approximate surface area is 190 Å². The smallest absolute Gasteiger partial charge is 0.303 e. The van der Waals surface area contributed by atoms with E-state index >= 15 is 0 Å². The van der Waals surface area contributed by atoms with E-state index in [4.69, 9.17) is 24.1 Å². The van der Waals surface area contributed by atoms with E-state index in [1.165, 1.54) is 16.7 Å². The van der Waals surface area contributed by atoms with Crippen molar-refractivity contribution >= 4 is 5.97 Å². The van der Waals surface area contributed by atoms with E-state index in [9.17, 15) is 4.79 Å². The van der Waals surface area contributed by atoms with E-state index in [2.05, 4.69) is 23.5 Å². The average molecular weight is 446 g/mol. The van der Waals surface area contributed by atoms with Crippen molar-refractivity contribution in [1.29, 1.82) is 0 Å². The number of fused-ring (bicyclic) bond motifs is 1. The lowest BCUT2D eigenvalue weighted by Crippen LogP contribution is -2.31. The van der Waals surface area contributed by atoms with Crippen LogP contribution in [0.15, 0.2) is 30.3 Å². The zero-order chi connectivity index (χ0) is 23.5. The summed E-state index contributed by atoms with van der Waals surface area (Å²) in [4.78, 5) is 9.76. The summed E-state index contributed by atoms with van der Waals surface area (Å²) in [6.07, 6.45) is 3.93. The first-order chi connectivity index (χ1) is 15.5. The van der Waals surface area contributed by atoms with Gasteiger partial charge in [0.1, 0.15) is 0 Å². The van der Waals surface area contributed by atoms with Crippen LogP contribution in [0.2, 0.25) is 0 Å². The Morgan fingerprint density at radius 3 is 2.16 bits per heavy atom. The van der Waals surface area contributed by atoms with Crippen molar-refractivity contribution < 1.29 is 28.8 Å². The molecule has 0 spiro atoms. The summed E-state index contributed by atoms with van der Waals surface area (Å²) in [5.74, 6) is 2.36. The molecule has 1 aliphatic heterocycles. The van der Waals surface area contributed by atoms with Gasteiger partial charge in [0.2, 0.25) is 0 Å². The molecule has 32 heavy (non-hydrogen) atoms. The Kier molecular flexibility index (Phi) is 10.1. The van der Waals surface area contributed by atoms with E-state index in [1.807, 2.05) is 19.1 Å². The van der Waals surface area contributed by atoms with Gasteiger partial charge in [0.05, 0.1) is 28.4 Å². The average Bonchev–Trinajstić information content (AvgIpc) is 2.82. The van der Waals surface area contributed by atoms with Crippen molar-refractivity contribution in [2.45, 2.75) is 45.1 Å². The van der Waals surface area contributed by atoms with Gasteiger partial charge in [0, 0.05) is 12.5 Å². The normalized spacial score (nSPS) is 14.5. The number of hydrogen-bond donors (Lipinski definition) is 2. The predicted molar refractivity (Wildman–Crippen MR) is 124 cm³/mol. The molecule has 0 fully saturated rings. The summed E-state index contributed by atoms with van der Waals surface area (Å²) in [5.41, 5.74) is 3.76. The topological polar surface area (TPSA) is 86.3 Å².